The summed E-state index contributed by atoms with van der Waals surface area (Å²) >= 11 is 5.91. The predicted octanol–water partition coefficient (Wildman–Crippen LogP) is 2.18. The fourth-order valence-electron chi connectivity index (χ4n) is 1.46. The van der Waals surface area contributed by atoms with Crippen LogP contribution in [-0.2, 0) is 14.8 Å². The average Bonchev–Trinajstić information content (AvgIpc) is 2.21. The first kappa shape index (κ1) is 11.8. The zero-order valence-electron chi connectivity index (χ0n) is 8.07. The van der Waals surface area contributed by atoms with E-state index in [4.69, 9.17) is 31.8 Å². The van der Waals surface area contributed by atoms with Crippen LogP contribution >= 0.6 is 22.3 Å². The van der Waals surface area contributed by atoms with Crippen molar-refractivity contribution < 1.29 is 17.9 Å². The maximum absolute atomic E-state index is 11.0. The first-order valence-corrected chi connectivity index (χ1v) is 7.32. The first-order valence-electron chi connectivity index (χ1n) is 4.47. The average molecular weight is 283 g/mol. The topological polar surface area (TPSA) is 52.6 Å². The molecule has 0 aliphatic carbocycles. The molecule has 0 unspecified atom stereocenters. The standard InChI is InChI=1S/C9H8Cl2O4S/c10-7-1-2-8-9(15-4-3-14-8)6(7)5-16(11,12)13/h1-2H,3-5H2. The van der Waals surface area contributed by atoms with E-state index in [0.717, 1.165) is 0 Å². The number of ether oxygens (including phenoxy) is 2. The van der Waals surface area contributed by atoms with Gasteiger partial charge in [0.05, 0.1) is 5.75 Å². The van der Waals surface area contributed by atoms with Crippen LogP contribution < -0.4 is 9.47 Å². The molecule has 2 rings (SSSR count). The van der Waals surface area contributed by atoms with E-state index < -0.39 is 9.05 Å². The highest BCUT2D eigenvalue weighted by atomic mass is 35.7. The largest absolute Gasteiger partial charge is 0.486 e. The van der Waals surface area contributed by atoms with Crippen LogP contribution in [-0.4, -0.2) is 21.6 Å². The molecule has 0 radical (unpaired) electrons. The summed E-state index contributed by atoms with van der Waals surface area (Å²) in [7, 11) is 1.52. The van der Waals surface area contributed by atoms with Gasteiger partial charge in [0.25, 0.3) is 0 Å². The first-order chi connectivity index (χ1) is 7.47. The van der Waals surface area contributed by atoms with E-state index >= 15 is 0 Å². The van der Waals surface area contributed by atoms with Gasteiger partial charge in [0.2, 0.25) is 9.05 Å². The van der Waals surface area contributed by atoms with Gasteiger partial charge >= 0.3 is 0 Å². The minimum Gasteiger partial charge on any atom is -0.486 e. The lowest BCUT2D eigenvalue weighted by molar-refractivity contribution is 0.170. The molecule has 0 bridgehead atoms. The second-order valence-corrected chi connectivity index (χ2v) is 6.42. The molecule has 0 spiro atoms. The van der Waals surface area contributed by atoms with Gasteiger partial charge in [-0.05, 0) is 12.1 Å². The Hall–Kier alpha value is -0.650. The monoisotopic (exact) mass is 282 g/mol. The quantitative estimate of drug-likeness (QED) is 0.781. The molecule has 0 saturated heterocycles. The van der Waals surface area contributed by atoms with Crippen LogP contribution in [0.15, 0.2) is 12.1 Å². The third-order valence-corrected chi connectivity index (χ3v) is 3.39. The van der Waals surface area contributed by atoms with Crippen LogP contribution in [0.2, 0.25) is 5.02 Å². The van der Waals surface area contributed by atoms with Gasteiger partial charge in [-0.15, -0.1) is 0 Å². The molecule has 7 heteroatoms. The molecule has 16 heavy (non-hydrogen) atoms. The normalized spacial score (nSPS) is 14.9. The van der Waals surface area contributed by atoms with Crippen molar-refractivity contribution in [2.75, 3.05) is 13.2 Å². The van der Waals surface area contributed by atoms with Crippen molar-refractivity contribution in [3.8, 4) is 11.5 Å². The molecular formula is C9H8Cl2O4S. The summed E-state index contributed by atoms with van der Waals surface area (Å²) in [6, 6.07) is 3.20. The molecule has 0 atom stereocenters. The molecule has 0 fully saturated rings. The van der Waals surface area contributed by atoms with Crippen LogP contribution in [0.4, 0.5) is 0 Å². The van der Waals surface area contributed by atoms with Crippen molar-refractivity contribution >= 4 is 31.3 Å². The molecule has 0 N–H and O–H groups in total. The Morgan fingerprint density at radius 3 is 2.62 bits per heavy atom. The van der Waals surface area contributed by atoms with Crippen molar-refractivity contribution in [3.05, 3.63) is 22.7 Å². The van der Waals surface area contributed by atoms with Crippen molar-refractivity contribution in [2.24, 2.45) is 0 Å². The lowest BCUT2D eigenvalue weighted by Crippen LogP contribution is -2.17. The number of halogens is 2. The summed E-state index contributed by atoms with van der Waals surface area (Å²) in [4.78, 5) is 0. The van der Waals surface area contributed by atoms with E-state index in [0.29, 0.717) is 35.3 Å². The van der Waals surface area contributed by atoms with Gasteiger partial charge < -0.3 is 9.47 Å². The van der Waals surface area contributed by atoms with Gasteiger partial charge in [-0.3, -0.25) is 0 Å². The number of rotatable bonds is 2. The maximum atomic E-state index is 11.0. The molecule has 88 valence electrons. The molecule has 1 heterocycles. The summed E-state index contributed by atoms with van der Waals surface area (Å²) in [5.74, 6) is 0.480. The number of hydrogen-bond acceptors (Lipinski definition) is 4. The van der Waals surface area contributed by atoms with E-state index in [2.05, 4.69) is 0 Å². The molecule has 1 aromatic rings. The summed E-state index contributed by atoms with van der Waals surface area (Å²) in [5.41, 5.74) is 0.342. The van der Waals surface area contributed by atoms with Crippen LogP contribution in [0.3, 0.4) is 0 Å². The molecule has 1 aliphatic heterocycles. The Balaban J connectivity index is 2.50. The summed E-state index contributed by atoms with van der Waals surface area (Å²) in [6.07, 6.45) is 0. The third kappa shape index (κ3) is 2.53. The van der Waals surface area contributed by atoms with Crippen LogP contribution in [0.1, 0.15) is 5.56 Å². The van der Waals surface area contributed by atoms with Crippen LogP contribution in [0.5, 0.6) is 11.5 Å². The molecule has 1 aromatic carbocycles. The Labute approximate surface area is 102 Å². The highest BCUT2D eigenvalue weighted by molar-refractivity contribution is 8.13. The summed E-state index contributed by atoms with van der Waals surface area (Å²) in [6.45, 7) is 0.796. The van der Waals surface area contributed by atoms with Gasteiger partial charge in [0, 0.05) is 21.3 Å². The van der Waals surface area contributed by atoms with Gasteiger partial charge in [0.15, 0.2) is 11.5 Å². The zero-order valence-corrected chi connectivity index (χ0v) is 10.4. The zero-order chi connectivity index (χ0) is 11.8. The Bertz CT molecular complexity index is 512. The molecule has 4 nitrogen and oxygen atoms in total. The smallest absolute Gasteiger partial charge is 0.236 e. The minimum atomic E-state index is -3.68. The lowest BCUT2D eigenvalue weighted by atomic mass is 10.2. The Kier molecular flexibility index (Phi) is 3.19. The molecule has 1 aliphatic rings. The molecule has 0 aromatic heterocycles. The lowest BCUT2D eigenvalue weighted by Gasteiger charge is -2.21. The number of benzene rings is 1. The second kappa shape index (κ2) is 4.31. The fraction of sp³-hybridized carbons (Fsp3) is 0.333. The van der Waals surface area contributed by atoms with Gasteiger partial charge in [-0.25, -0.2) is 8.42 Å². The maximum Gasteiger partial charge on any atom is 0.236 e. The van der Waals surface area contributed by atoms with Gasteiger partial charge in [-0.1, -0.05) is 11.6 Å². The van der Waals surface area contributed by atoms with Crippen LogP contribution in [0, 0.1) is 0 Å². The summed E-state index contributed by atoms with van der Waals surface area (Å²) < 4.78 is 32.8. The Morgan fingerprint density at radius 1 is 1.25 bits per heavy atom. The van der Waals surface area contributed by atoms with Crippen molar-refractivity contribution in [2.45, 2.75) is 5.75 Å². The van der Waals surface area contributed by atoms with E-state index in [1.54, 1.807) is 12.1 Å². The third-order valence-electron chi connectivity index (χ3n) is 2.07. The predicted molar refractivity (Wildman–Crippen MR) is 60.9 cm³/mol. The SMILES string of the molecule is O=S(=O)(Cl)Cc1c(Cl)ccc2c1OCCO2. The highest BCUT2D eigenvalue weighted by Crippen LogP contribution is 2.39. The number of hydrogen-bond donors (Lipinski definition) is 0. The van der Waals surface area contributed by atoms with Crippen molar-refractivity contribution in [3.63, 3.8) is 0 Å². The minimum absolute atomic E-state index is 0.300. The van der Waals surface area contributed by atoms with E-state index in [1.165, 1.54) is 0 Å². The van der Waals surface area contributed by atoms with E-state index in [1.807, 2.05) is 0 Å². The van der Waals surface area contributed by atoms with E-state index in [-0.39, 0.29) is 5.75 Å². The molecule has 0 saturated carbocycles. The van der Waals surface area contributed by atoms with E-state index in [9.17, 15) is 8.42 Å². The van der Waals surface area contributed by atoms with Crippen LogP contribution in [0.25, 0.3) is 0 Å². The van der Waals surface area contributed by atoms with Gasteiger partial charge in [-0.2, -0.15) is 0 Å². The van der Waals surface area contributed by atoms with Gasteiger partial charge in [0.1, 0.15) is 13.2 Å². The van der Waals surface area contributed by atoms with Crippen molar-refractivity contribution in [1.29, 1.82) is 0 Å². The summed E-state index contributed by atoms with van der Waals surface area (Å²) in [5, 5.41) is 0.300. The molecule has 0 amide bonds. The molecular weight excluding hydrogens is 275 g/mol. The second-order valence-electron chi connectivity index (χ2n) is 3.23. The number of fused-ring (bicyclic) bond motifs is 1. The Morgan fingerprint density at radius 2 is 1.94 bits per heavy atom. The fourth-order valence-corrected chi connectivity index (χ4v) is 2.71. The van der Waals surface area contributed by atoms with Crippen molar-refractivity contribution in [1.82, 2.24) is 0 Å². The highest BCUT2D eigenvalue weighted by Gasteiger charge is 2.22.